The van der Waals surface area contributed by atoms with E-state index in [0.717, 1.165) is 12.2 Å². The standard InChI is InChI=1S/C19H16N2/c20-15-11-9-14(10-12-15)13-21-18-7-3-1-5-16(18)17-6-2-4-8-19(17)21/h1-12H,13,20H2. The second kappa shape index (κ2) is 4.67. The Morgan fingerprint density at radius 1 is 0.667 bits per heavy atom. The zero-order valence-electron chi connectivity index (χ0n) is 11.7. The van der Waals surface area contributed by atoms with Crippen LogP contribution < -0.4 is 5.73 Å². The van der Waals surface area contributed by atoms with E-state index in [1.807, 2.05) is 12.1 Å². The first-order valence-corrected chi connectivity index (χ1v) is 7.13. The average Bonchev–Trinajstić information content (AvgIpc) is 2.85. The van der Waals surface area contributed by atoms with Gasteiger partial charge in [-0.05, 0) is 29.8 Å². The summed E-state index contributed by atoms with van der Waals surface area (Å²) in [5.41, 5.74) is 10.4. The van der Waals surface area contributed by atoms with E-state index >= 15 is 0 Å². The SMILES string of the molecule is Nc1ccc(Cn2c3ccccc3c3ccccc32)cc1. The molecule has 0 amide bonds. The van der Waals surface area contributed by atoms with Gasteiger partial charge in [-0.25, -0.2) is 0 Å². The lowest BCUT2D eigenvalue weighted by molar-refractivity contribution is 0.869. The number of aromatic nitrogens is 1. The van der Waals surface area contributed by atoms with Gasteiger partial charge in [0.05, 0.1) is 0 Å². The summed E-state index contributed by atoms with van der Waals surface area (Å²) in [7, 11) is 0. The van der Waals surface area contributed by atoms with Crippen molar-refractivity contribution in [3.05, 3.63) is 78.4 Å². The van der Waals surface area contributed by atoms with Gasteiger partial charge in [-0.15, -0.1) is 0 Å². The molecule has 4 aromatic rings. The molecule has 0 bridgehead atoms. The Morgan fingerprint density at radius 3 is 1.76 bits per heavy atom. The number of nitrogens with two attached hydrogens (primary N) is 1. The second-order valence-corrected chi connectivity index (χ2v) is 5.36. The molecule has 0 saturated carbocycles. The fourth-order valence-corrected chi connectivity index (χ4v) is 2.98. The van der Waals surface area contributed by atoms with Crippen molar-refractivity contribution in [1.82, 2.24) is 4.57 Å². The molecule has 0 aliphatic heterocycles. The van der Waals surface area contributed by atoms with Gasteiger partial charge in [-0.2, -0.15) is 0 Å². The summed E-state index contributed by atoms with van der Waals surface area (Å²) in [5.74, 6) is 0. The van der Waals surface area contributed by atoms with Crippen LogP contribution in [0.3, 0.4) is 0 Å². The molecule has 3 aromatic carbocycles. The Balaban J connectivity index is 1.95. The quantitative estimate of drug-likeness (QED) is 0.538. The number of hydrogen-bond acceptors (Lipinski definition) is 1. The van der Waals surface area contributed by atoms with Crippen LogP contribution in [0.2, 0.25) is 0 Å². The first kappa shape index (κ1) is 12.0. The third kappa shape index (κ3) is 1.96. The normalized spacial score (nSPS) is 11.2. The van der Waals surface area contributed by atoms with Gasteiger partial charge in [0, 0.05) is 34.0 Å². The lowest BCUT2D eigenvalue weighted by atomic mass is 10.2. The average molecular weight is 272 g/mol. The van der Waals surface area contributed by atoms with Crippen LogP contribution in [0, 0.1) is 0 Å². The predicted octanol–water partition coefficient (Wildman–Crippen LogP) is 4.43. The van der Waals surface area contributed by atoms with E-state index in [4.69, 9.17) is 5.73 Å². The number of nitrogen functional groups attached to an aromatic ring is 1. The first-order valence-electron chi connectivity index (χ1n) is 7.13. The van der Waals surface area contributed by atoms with Crippen molar-refractivity contribution in [3.8, 4) is 0 Å². The summed E-state index contributed by atoms with van der Waals surface area (Å²) in [6, 6.07) is 25.3. The number of para-hydroxylation sites is 2. The zero-order valence-corrected chi connectivity index (χ0v) is 11.7. The van der Waals surface area contributed by atoms with Gasteiger partial charge < -0.3 is 10.3 Å². The van der Waals surface area contributed by atoms with Gasteiger partial charge in [0.25, 0.3) is 0 Å². The largest absolute Gasteiger partial charge is 0.399 e. The maximum atomic E-state index is 5.77. The molecule has 2 nitrogen and oxygen atoms in total. The molecule has 0 saturated heterocycles. The van der Waals surface area contributed by atoms with E-state index in [0.29, 0.717) is 0 Å². The maximum absolute atomic E-state index is 5.77. The lowest BCUT2D eigenvalue weighted by Crippen LogP contribution is -1.99. The van der Waals surface area contributed by atoms with Crippen LogP contribution in [0.4, 0.5) is 5.69 Å². The van der Waals surface area contributed by atoms with Gasteiger partial charge in [-0.1, -0.05) is 48.5 Å². The number of anilines is 1. The van der Waals surface area contributed by atoms with Crippen molar-refractivity contribution in [2.75, 3.05) is 5.73 Å². The van der Waals surface area contributed by atoms with Crippen LogP contribution in [0.15, 0.2) is 72.8 Å². The van der Waals surface area contributed by atoms with Crippen LogP contribution in [-0.2, 0) is 6.54 Å². The minimum absolute atomic E-state index is 0.806. The molecule has 1 aromatic heterocycles. The number of fused-ring (bicyclic) bond motifs is 3. The maximum Gasteiger partial charge on any atom is 0.0494 e. The molecular formula is C19H16N2. The number of benzene rings is 3. The minimum atomic E-state index is 0.806. The van der Waals surface area contributed by atoms with Crippen molar-refractivity contribution >= 4 is 27.5 Å². The van der Waals surface area contributed by atoms with Crippen molar-refractivity contribution in [2.24, 2.45) is 0 Å². The van der Waals surface area contributed by atoms with Gasteiger partial charge >= 0.3 is 0 Å². The Kier molecular flexibility index (Phi) is 2.68. The molecule has 2 heteroatoms. The first-order chi connectivity index (χ1) is 10.3. The lowest BCUT2D eigenvalue weighted by Gasteiger charge is -2.08. The molecule has 0 unspecified atom stereocenters. The van der Waals surface area contributed by atoms with Crippen LogP contribution in [-0.4, -0.2) is 4.57 Å². The van der Waals surface area contributed by atoms with Crippen molar-refractivity contribution in [2.45, 2.75) is 6.54 Å². The van der Waals surface area contributed by atoms with E-state index in [1.54, 1.807) is 0 Å². The Hall–Kier alpha value is -2.74. The van der Waals surface area contributed by atoms with E-state index in [2.05, 4.69) is 65.2 Å². The molecule has 1 heterocycles. The fraction of sp³-hybridized carbons (Fsp3) is 0.0526. The van der Waals surface area contributed by atoms with Crippen molar-refractivity contribution < 1.29 is 0 Å². The molecule has 0 atom stereocenters. The Morgan fingerprint density at radius 2 is 1.19 bits per heavy atom. The molecule has 0 spiro atoms. The number of hydrogen-bond donors (Lipinski definition) is 1. The predicted molar refractivity (Wildman–Crippen MR) is 89.4 cm³/mol. The van der Waals surface area contributed by atoms with E-state index < -0.39 is 0 Å². The monoisotopic (exact) mass is 272 g/mol. The fourth-order valence-electron chi connectivity index (χ4n) is 2.98. The molecule has 0 aliphatic carbocycles. The molecule has 0 aliphatic rings. The van der Waals surface area contributed by atoms with Crippen LogP contribution in [0.25, 0.3) is 21.8 Å². The molecule has 102 valence electrons. The topological polar surface area (TPSA) is 30.9 Å². The molecule has 0 radical (unpaired) electrons. The molecular weight excluding hydrogens is 256 g/mol. The third-order valence-electron chi connectivity index (χ3n) is 4.00. The summed E-state index contributed by atoms with van der Waals surface area (Å²) in [5, 5.41) is 2.62. The number of nitrogens with zero attached hydrogens (tertiary/aromatic N) is 1. The van der Waals surface area contributed by atoms with Gasteiger partial charge in [0.15, 0.2) is 0 Å². The molecule has 0 fully saturated rings. The molecule has 4 rings (SSSR count). The van der Waals surface area contributed by atoms with Crippen LogP contribution in [0.5, 0.6) is 0 Å². The number of rotatable bonds is 2. The minimum Gasteiger partial charge on any atom is -0.399 e. The summed E-state index contributed by atoms with van der Waals surface area (Å²) in [4.78, 5) is 0. The summed E-state index contributed by atoms with van der Waals surface area (Å²) < 4.78 is 2.37. The van der Waals surface area contributed by atoms with Crippen molar-refractivity contribution in [1.29, 1.82) is 0 Å². The van der Waals surface area contributed by atoms with Gasteiger partial charge in [0.1, 0.15) is 0 Å². The summed E-state index contributed by atoms with van der Waals surface area (Å²) in [6.07, 6.45) is 0. The van der Waals surface area contributed by atoms with Crippen LogP contribution in [0.1, 0.15) is 5.56 Å². The highest BCUT2D eigenvalue weighted by atomic mass is 15.0. The van der Waals surface area contributed by atoms with Gasteiger partial charge in [0.2, 0.25) is 0 Å². The molecule has 21 heavy (non-hydrogen) atoms. The molecule has 2 N–H and O–H groups in total. The summed E-state index contributed by atoms with van der Waals surface area (Å²) in [6.45, 7) is 0.855. The highest BCUT2D eigenvalue weighted by Crippen LogP contribution is 2.29. The summed E-state index contributed by atoms with van der Waals surface area (Å²) >= 11 is 0. The van der Waals surface area contributed by atoms with Crippen molar-refractivity contribution in [3.63, 3.8) is 0 Å². The Bertz CT molecular complexity index is 864. The zero-order chi connectivity index (χ0) is 14.2. The van der Waals surface area contributed by atoms with Crippen LogP contribution >= 0.6 is 0 Å². The van der Waals surface area contributed by atoms with Gasteiger partial charge in [-0.3, -0.25) is 0 Å². The van der Waals surface area contributed by atoms with E-state index in [-0.39, 0.29) is 0 Å². The third-order valence-corrected chi connectivity index (χ3v) is 4.00. The second-order valence-electron chi connectivity index (χ2n) is 5.36. The van der Waals surface area contributed by atoms with E-state index in [9.17, 15) is 0 Å². The van der Waals surface area contributed by atoms with E-state index in [1.165, 1.54) is 27.4 Å². The Labute approximate surface area is 123 Å². The highest BCUT2D eigenvalue weighted by molar-refractivity contribution is 6.08. The smallest absolute Gasteiger partial charge is 0.0494 e. The highest BCUT2D eigenvalue weighted by Gasteiger charge is 2.09.